The van der Waals surface area contributed by atoms with Gasteiger partial charge in [0.05, 0.1) is 38.9 Å². The molecule has 2 aliphatic heterocycles. The zero-order chi connectivity index (χ0) is 43.5. The molecule has 1 aromatic carbocycles. The van der Waals surface area contributed by atoms with Gasteiger partial charge in [0.1, 0.15) is 12.2 Å². The molecule has 0 radical (unpaired) electrons. The van der Waals surface area contributed by atoms with Crippen LogP contribution in [-0.2, 0) is 48.9 Å². The number of hydrogen-bond donors (Lipinski definition) is 4. The van der Waals surface area contributed by atoms with Gasteiger partial charge in [0.25, 0.3) is 0 Å². The molecule has 2 saturated heterocycles. The number of rotatable bonds is 32. The van der Waals surface area contributed by atoms with Crippen LogP contribution in [0.5, 0.6) is 0 Å². The van der Waals surface area contributed by atoms with Crippen LogP contribution in [0.1, 0.15) is 24.0 Å². The molecule has 0 aromatic heterocycles. The maximum atomic E-state index is 11.5. The molecule has 0 amide bonds. The number of ether oxygens (including phenoxy) is 4. The number of benzene rings is 1. The Morgan fingerprint density at radius 1 is 0.517 bits per heavy atom. The standard InChI is InChI=1S/C38H82O12Si8/c1-51(2,23-13-21-43-27-37-29-45-37)47-31-53(5,6)48-32-54(7,8)50-57(11,41)26-20-36-17-15-35(16-18-36)19-25-52(3,4)49-58(12,42)34-56(10,40)33-55(9,39)24-14-22-44-28-38-30-46-38/h15-18,37-42H,13-14,19-34H2,1-12H3. The summed E-state index contributed by atoms with van der Waals surface area (Å²) in [4.78, 5) is 45.5. The molecule has 0 aliphatic carbocycles. The number of hydrogen-bond acceptors (Lipinski definition) is 12. The van der Waals surface area contributed by atoms with Crippen LogP contribution in [0.15, 0.2) is 24.3 Å². The molecule has 0 saturated carbocycles. The van der Waals surface area contributed by atoms with Gasteiger partial charge in [0.2, 0.25) is 8.32 Å². The fourth-order valence-corrected chi connectivity index (χ4v) is 43.2. The fraction of sp³-hybridized carbons (Fsp3) is 0.842. The van der Waals surface area contributed by atoms with Gasteiger partial charge < -0.3 is 55.2 Å². The average molecular weight is 956 g/mol. The molecule has 6 atom stereocenters. The Labute approximate surface area is 359 Å². The highest BCUT2D eigenvalue weighted by Gasteiger charge is 2.46. The molecule has 4 N–H and O–H groups in total. The van der Waals surface area contributed by atoms with E-state index in [4.69, 9.17) is 36.0 Å². The van der Waals surface area contributed by atoms with E-state index in [0.29, 0.717) is 61.8 Å². The second kappa shape index (κ2) is 22.4. The predicted octanol–water partition coefficient (Wildman–Crippen LogP) is 6.69. The van der Waals surface area contributed by atoms with Crippen molar-refractivity contribution in [3.63, 3.8) is 0 Å². The highest BCUT2D eigenvalue weighted by atomic mass is 28.5. The third-order valence-corrected chi connectivity index (χ3v) is 39.9. The number of aryl methyl sites for hydroxylation is 2. The minimum atomic E-state index is -3.15. The van der Waals surface area contributed by atoms with Crippen LogP contribution in [0.3, 0.4) is 0 Å². The summed E-state index contributed by atoms with van der Waals surface area (Å²) < 4.78 is 47.8. The second-order valence-corrected chi connectivity index (χ2v) is 53.0. The maximum absolute atomic E-state index is 11.5. The summed E-state index contributed by atoms with van der Waals surface area (Å²) in [5.74, 6) is 0. The van der Waals surface area contributed by atoms with E-state index in [1.54, 1.807) is 6.55 Å². The monoisotopic (exact) mass is 954 g/mol. The fourth-order valence-electron chi connectivity index (χ4n) is 7.50. The van der Waals surface area contributed by atoms with Crippen molar-refractivity contribution in [2.45, 2.75) is 152 Å². The van der Waals surface area contributed by atoms with Gasteiger partial charge in [-0.15, -0.1) is 0 Å². The van der Waals surface area contributed by atoms with Crippen molar-refractivity contribution < 1.29 is 55.2 Å². The highest BCUT2D eigenvalue weighted by molar-refractivity contribution is 6.97. The van der Waals surface area contributed by atoms with E-state index in [1.165, 1.54) is 11.1 Å². The van der Waals surface area contributed by atoms with Crippen LogP contribution in [0.4, 0.5) is 0 Å². The lowest BCUT2D eigenvalue weighted by atomic mass is 10.1. The van der Waals surface area contributed by atoms with E-state index in [1.807, 2.05) is 19.6 Å². The Hall–Kier alpha value is 0.475. The third-order valence-electron chi connectivity index (χ3n) is 10.5. The van der Waals surface area contributed by atoms with Crippen LogP contribution < -0.4 is 0 Å². The molecule has 1 aromatic rings. The van der Waals surface area contributed by atoms with Gasteiger partial charge in [-0.3, -0.25) is 0 Å². The van der Waals surface area contributed by atoms with E-state index in [2.05, 4.69) is 76.6 Å². The average Bonchev–Trinajstić information content (AvgIpc) is 4.00. The SMILES string of the molecule is C[Si](O)(CCCOCC1CO1)C[Si](C)(O)C[Si](C)(O)O[Si](C)(C)CCc1ccc(CC[Si](C)(O)O[Si](C)(C)CO[Si](C)(C)CO[Si](C)(C)CCCOCC2CO2)cc1. The minimum absolute atomic E-state index is 0.237. The van der Waals surface area contributed by atoms with Gasteiger partial charge in [-0.25, -0.2) is 0 Å². The zero-order valence-corrected chi connectivity index (χ0v) is 46.2. The Morgan fingerprint density at radius 3 is 1.48 bits per heavy atom. The van der Waals surface area contributed by atoms with E-state index < -0.39 is 67.0 Å². The normalized spacial score (nSPS) is 21.9. The predicted molar refractivity (Wildman–Crippen MR) is 252 cm³/mol. The minimum Gasteiger partial charge on any atom is -0.436 e. The van der Waals surface area contributed by atoms with Gasteiger partial charge >= 0.3 is 17.1 Å². The van der Waals surface area contributed by atoms with Crippen molar-refractivity contribution in [2.75, 3.05) is 52.1 Å². The Balaban J connectivity index is 1.36. The van der Waals surface area contributed by atoms with Gasteiger partial charge in [0.15, 0.2) is 41.6 Å². The largest absolute Gasteiger partial charge is 0.436 e. The summed E-state index contributed by atoms with van der Waals surface area (Å²) in [6, 6.07) is 11.8. The summed E-state index contributed by atoms with van der Waals surface area (Å²) >= 11 is 0. The second-order valence-electron chi connectivity index (χ2n) is 20.6. The molecule has 3 rings (SSSR count). The molecular formula is C38H82O12Si8. The smallest absolute Gasteiger partial charge is 0.322 e. The Morgan fingerprint density at radius 2 is 0.966 bits per heavy atom. The summed E-state index contributed by atoms with van der Waals surface area (Å²) in [7, 11) is -20.0. The van der Waals surface area contributed by atoms with Gasteiger partial charge in [-0.05, 0) is 145 Å². The van der Waals surface area contributed by atoms with Crippen molar-refractivity contribution in [1.82, 2.24) is 0 Å². The molecular weight excluding hydrogens is 873 g/mol. The van der Waals surface area contributed by atoms with Crippen molar-refractivity contribution in [3.05, 3.63) is 35.4 Å². The summed E-state index contributed by atoms with van der Waals surface area (Å²) in [6.45, 7) is 29.2. The molecule has 6 unspecified atom stereocenters. The summed E-state index contributed by atoms with van der Waals surface area (Å²) in [6.07, 6.45) is 5.13. The lowest BCUT2D eigenvalue weighted by Crippen LogP contribution is -2.55. The van der Waals surface area contributed by atoms with Crippen LogP contribution in [0, 0.1) is 0 Å². The van der Waals surface area contributed by atoms with Crippen LogP contribution in [0.25, 0.3) is 0 Å². The topological polar surface area (TPSA) is 161 Å². The molecule has 0 spiro atoms. The third kappa shape index (κ3) is 24.4. The first-order valence-electron chi connectivity index (χ1n) is 21.6. The zero-order valence-electron chi connectivity index (χ0n) is 38.2. The lowest BCUT2D eigenvalue weighted by Gasteiger charge is -2.37. The quantitative estimate of drug-likeness (QED) is 0.0345. The summed E-state index contributed by atoms with van der Waals surface area (Å²) in [5.41, 5.74) is 3.12. The van der Waals surface area contributed by atoms with Crippen molar-refractivity contribution >= 4 is 67.0 Å². The van der Waals surface area contributed by atoms with Gasteiger partial charge in [-0.2, -0.15) is 0 Å². The molecule has 2 heterocycles. The lowest BCUT2D eigenvalue weighted by molar-refractivity contribution is 0.116. The first kappa shape index (κ1) is 52.8. The van der Waals surface area contributed by atoms with Crippen molar-refractivity contribution in [2.24, 2.45) is 0 Å². The van der Waals surface area contributed by atoms with Crippen LogP contribution in [-0.4, -0.2) is 151 Å². The maximum Gasteiger partial charge on any atom is 0.322 e. The Kier molecular flexibility index (Phi) is 20.4. The van der Waals surface area contributed by atoms with E-state index >= 15 is 0 Å². The molecule has 58 heavy (non-hydrogen) atoms. The summed E-state index contributed by atoms with van der Waals surface area (Å²) in [5, 5.41) is 0. The van der Waals surface area contributed by atoms with Crippen LogP contribution >= 0.6 is 0 Å². The molecule has 0 bridgehead atoms. The molecule has 2 fully saturated rings. The van der Waals surface area contributed by atoms with Gasteiger partial charge in [0, 0.05) is 18.9 Å². The van der Waals surface area contributed by atoms with Crippen LogP contribution in [0.2, 0.25) is 114 Å². The molecule has 338 valence electrons. The Bertz CT molecular complexity index is 1360. The van der Waals surface area contributed by atoms with Gasteiger partial charge in [-0.1, -0.05) is 24.3 Å². The molecule has 20 heteroatoms. The first-order valence-corrected chi connectivity index (χ1v) is 44.9. The first-order chi connectivity index (χ1) is 26.6. The van der Waals surface area contributed by atoms with Crippen molar-refractivity contribution in [1.29, 1.82) is 0 Å². The van der Waals surface area contributed by atoms with Crippen molar-refractivity contribution in [3.8, 4) is 0 Å². The van der Waals surface area contributed by atoms with E-state index in [-0.39, 0.29) is 6.10 Å². The highest BCUT2D eigenvalue weighted by Crippen LogP contribution is 2.30. The van der Waals surface area contributed by atoms with E-state index in [9.17, 15) is 19.2 Å². The van der Waals surface area contributed by atoms with E-state index in [0.717, 1.165) is 57.6 Å². The molecule has 12 nitrogen and oxygen atoms in total. The number of epoxide rings is 2. The molecule has 2 aliphatic rings.